The largest absolute Gasteiger partial charge is 0.513 e. The Morgan fingerprint density at radius 2 is 1.54 bits per heavy atom. The number of nitrogens with one attached hydrogen (secondary N) is 2. The third-order valence-electron chi connectivity index (χ3n) is 5.15. The Hall–Kier alpha value is -4.53. The van der Waals surface area contributed by atoms with E-state index < -0.39 is 6.16 Å². The molecule has 0 saturated carbocycles. The Bertz CT molecular complexity index is 1230. The van der Waals surface area contributed by atoms with Crippen LogP contribution >= 0.6 is 0 Å². The molecule has 0 aliphatic heterocycles. The summed E-state index contributed by atoms with van der Waals surface area (Å²) in [6.45, 7) is 4.32. The normalized spacial score (nSPS) is 10.2. The number of anilines is 2. The highest BCUT2D eigenvalue weighted by molar-refractivity contribution is 6.04. The minimum atomic E-state index is -0.808. The molecule has 2 N–H and O–H groups in total. The van der Waals surface area contributed by atoms with E-state index in [4.69, 9.17) is 18.9 Å². The minimum absolute atomic E-state index is 0.159. The predicted molar refractivity (Wildman–Crippen MR) is 140 cm³/mol. The maximum atomic E-state index is 12.6. The molecule has 2 amide bonds. The molecule has 0 radical (unpaired) electrons. The predicted octanol–water partition coefficient (Wildman–Crippen LogP) is 5.45. The third kappa shape index (κ3) is 8.28. The quantitative estimate of drug-likeness (QED) is 0.263. The van der Waals surface area contributed by atoms with Gasteiger partial charge >= 0.3 is 6.16 Å². The topological polar surface area (TPSA) is 112 Å². The fourth-order valence-corrected chi connectivity index (χ4v) is 3.42. The molecule has 37 heavy (non-hydrogen) atoms. The van der Waals surface area contributed by atoms with E-state index in [0.29, 0.717) is 41.5 Å². The summed E-state index contributed by atoms with van der Waals surface area (Å²) in [6, 6.07) is 18.6. The monoisotopic (exact) mass is 506 g/mol. The molecule has 0 aliphatic carbocycles. The molecule has 3 rings (SSSR count). The first-order chi connectivity index (χ1) is 17.9. The van der Waals surface area contributed by atoms with Crippen LogP contribution in [0.25, 0.3) is 0 Å². The highest BCUT2D eigenvalue weighted by Gasteiger charge is 2.11. The number of hydrogen-bond donors (Lipinski definition) is 2. The lowest BCUT2D eigenvalue weighted by atomic mass is 10.1. The second kappa shape index (κ2) is 13.5. The number of hydrogen-bond acceptors (Lipinski definition) is 7. The average molecular weight is 507 g/mol. The van der Waals surface area contributed by atoms with Gasteiger partial charge in [0.25, 0.3) is 5.91 Å². The van der Waals surface area contributed by atoms with Gasteiger partial charge in [-0.1, -0.05) is 12.1 Å². The number of carbonyl (C=O) groups excluding carboxylic acids is 3. The van der Waals surface area contributed by atoms with Crippen molar-refractivity contribution in [3.63, 3.8) is 0 Å². The molecule has 3 aromatic rings. The molecule has 0 heterocycles. The van der Waals surface area contributed by atoms with Gasteiger partial charge in [0.15, 0.2) is 11.5 Å². The summed E-state index contributed by atoms with van der Waals surface area (Å²) >= 11 is 0. The molecule has 0 saturated heterocycles. The Kier molecular flexibility index (Phi) is 9.90. The Labute approximate surface area is 215 Å². The van der Waals surface area contributed by atoms with Gasteiger partial charge in [-0.05, 0) is 80.4 Å². The first-order valence-electron chi connectivity index (χ1n) is 11.9. The van der Waals surface area contributed by atoms with E-state index in [1.54, 1.807) is 38.3 Å². The van der Waals surface area contributed by atoms with Crippen LogP contribution in [0.5, 0.6) is 17.2 Å². The van der Waals surface area contributed by atoms with E-state index >= 15 is 0 Å². The highest BCUT2D eigenvalue weighted by Crippen LogP contribution is 2.28. The number of ether oxygens (including phenoxy) is 4. The number of rotatable bonds is 11. The van der Waals surface area contributed by atoms with E-state index in [1.165, 1.54) is 24.3 Å². The number of benzene rings is 3. The maximum Gasteiger partial charge on any atom is 0.513 e. The van der Waals surface area contributed by atoms with Crippen LogP contribution in [0.1, 0.15) is 36.2 Å². The van der Waals surface area contributed by atoms with Gasteiger partial charge in [0.1, 0.15) is 5.75 Å². The lowest BCUT2D eigenvalue weighted by Gasteiger charge is -2.11. The van der Waals surface area contributed by atoms with E-state index in [-0.39, 0.29) is 30.6 Å². The van der Waals surface area contributed by atoms with Gasteiger partial charge in [0.2, 0.25) is 5.91 Å². The van der Waals surface area contributed by atoms with Crippen LogP contribution in [-0.4, -0.2) is 38.3 Å². The lowest BCUT2D eigenvalue weighted by molar-refractivity contribution is -0.116. The Morgan fingerprint density at radius 3 is 2.22 bits per heavy atom. The van der Waals surface area contributed by atoms with Crippen molar-refractivity contribution in [3.8, 4) is 17.2 Å². The van der Waals surface area contributed by atoms with Crippen molar-refractivity contribution in [2.45, 2.75) is 26.7 Å². The molecular formula is C28H30N2O7. The van der Waals surface area contributed by atoms with Crippen LogP contribution < -0.4 is 24.8 Å². The fourth-order valence-electron chi connectivity index (χ4n) is 3.42. The van der Waals surface area contributed by atoms with Crippen molar-refractivity contribution >= 4 is 29.3 Å². The number of methoxy groups -OCH3 is 1. The van der Waals surface area contributed by atoms with E-state index in [2.05, 4.69) is 10.6 Å². The number of carbonyl (C=O) groups is 3. The first kappa shape index (κ1) is 27.1. The molecule has 0 aliphatic rings. The van der Waals surface area contributed by atoms with Crippen LogP contribution in [0.4, 0.5) is 16.2 Å². The summed E-state index contributed by atoms with van der Waals surface area (Å²) < 4.78 is 20.6. The maximum absolute atomic E-state index is 12.6. The Balaban J connectivity index is 1.54. The van der Waals surface area contributed by atoms with Crippen molar-refractivity contribution in [1.82, 2.24) is 0 Å². The molecule has 194 valence electrons. The van der Waals surface area contributed by atoms with Crippen molar-refractivity contribution in [2.75, 3.05) is 31.0 Å². The molecular weight excluding hydrogens is 476 g/mol. The molecule has 0 spiro atoms. The molecule has 0 unspecified atom stereocenters. The van der Waals surface area contributed by atoms with E-state index in [9.17, 15) is 14.4 Å². The number of amides is 2. The van der Waals surface area contributed by atoms with Crippen LogP contribution in [0, 0.1) is 0 Å². The van der Waals surface area contributed by atoms with Gasteiger partial charge in [-0.15, -0.1) is 0 Å². The van der Waals surface area contributed by atoms with Crippen molar-refractivity contribution in [3.05, 3.63) is 77.9 Å². The summed E-state index contributed by atoms with van der Waals surface area (Å²) in [6.07, 6.45) is -0.00718. The molecule has 0 bridgehead atoms. The average Bonchev–Trinajstić information content (AvgIpc) is 2.89. The van der Waals surface area contributed by atoms with Gasteiger partial charge in [-0.2, -0.15) is 0 Å². The summed E-state index contributed by atoms with van der Waals surface area (Å²) in [5.74, 6) is 1.05. The highest BCUT2D eigenvalue weighted by atomic mass is 16.7. The summed E-state index contributed by atoms with van der Waals surface area (Å²) in [5.41, 5.74) is 2.41. The van der Waals surface area contributed by atoms with Crippen molar-refractivity contribution < 1.29 is 33.3 Å². The van der Waals surface area contributed by atoms with Gasteiger partial charge in [-0.3, -0.25) is 9.59 Å². The van der Waals surface area contributed by atoms with Gasteiger partial charge in [-0.25, -0.2) is 4.79 Å². The molecule has 0 aromatic heterocycles. The zero-order chi connectivity index (χ0) is 26.6. The van der Waals surface area contributed by atoms with Crippen LogP contribution in [0.15, 0.2) is 66.7 Å². The van der Waals surface area contributed by atoms with Gasteiger partial charge < -0.3 is 29.6 Å². The van der Waals surface area contributed by atoms with E-state index in [0.717, 1.165) is 5.56 Å². The molecule has 9 heteroatoms. The second-order valence-electron chi connectivity index (χ2n) is 7.81. The van der Waals surface area contributed by atoms with Gasteiger partial charge in [0.05, 0.1) is 20.3 Å². The summed E-state index contributed by atoms with van der Waals surface area (Å²) in [7, 11) is 1.58. The summed E-state index contributed by atoms with van der Waals surface area (Å²) in [4.78, 5) is 36.5. The van der Waals surface area contributed by atoms with Crippen LogP contribution in [0.2, 0.25) is 0 Å². The smallest absolute Gasteiger partial charge is 0.493 e. The molecule has 9 nitrogen and oxygen atoms in total. The zero-order valence-corrected chi connectivity index (χ0v) is 21.0. The fraction of sp³-hybridized carbons (Fsp3) is 0.250. The van der Waals surface area contributed by atoms with Crippen molar-refractivity contribution in [2.24, 2.45) is 0 Å². The molecule has 0 fully saturated rings. The minimum Gasteiger partial charge on any atom is -0.493 e. The second-order valence-corrected chi connectivity index (χ2v) is 7.81. The Morgan fingerprint density at radius 1 is 0.811 bits per heavy atom. The van der Waals surface area contributed by atoms with Crippen LogP contribution in [-0.2, 0) is 16.0 Å². The molecule has 3 aromatic carbocycles. The van der Waals surface area contributed by atoms with Gasteiger partial charge in [0, 0.05) is 23.4 Å². The standard InChI is InChI=1S/C28H30N2O7/c1-4-35-24-15-9-19(17-25(24)34-3)10-16-26(31)29-21-7-6-8-22(18-21)30-27(32)20-11-13-23(14-12-20)37-28(33)36-5-2/h6-9,11-15,17-18H,4-5,10,16H2,1-3H3,(H,29,31)(H,30,32). The van der Waals surface area contributed by atoms with E-state index in [1.807, 2.05) is 25.1 Å². The SMILES string of the molecule is CCOC(=O)Oc1ccc(C(=O)Nc2cccc(NC(=O)CCc3ccc(OCC)c(OC)c3)c2)cc1. The summed E-state index contributed by atoms with van der Waals surface area (Å²) in [5, 5.41) is 5.65. The van der Waals surface area contributed by atoms with Crippen LogP contribution in [0.3, 0.4) is 0 Å². The number of aryl methyl sites for hydroxylation is 1. The molecule has 0 atom stereocenters. The third-order valence-corrected chi connectivity index (χ3v) is 5.15. The first-order valence-corrected chi connectivity index (χ1v) is 11.9. The lowest BCUT2D eigenvalue weighted by Crippen LogP contribution is -2.14. The zero-order valence-electron chi connectivity index (χ0n) is 21.0. The van der Waals surface area contributed by atoms with Crippen molar-refractivity contribution in [1.29, 1.82) is 0 Å².